The summed E-state index contributed by atoms with van der Waals surface area (Å²) in [6, 6.07) is 5.86. The van der Waals surface area contributed by atoms with E-state index in [1.165, 1.54) is 0 Å². The summed E-state index contributed by atoms with van der Waals surface area (Å²) in [5.74, 6) is 2.90. The van der Waals surface area contributed by atoms with Crippen molar-refractivity contribution in [2.75, 3.05) is 53.7 Å². The molecule has 0 amide bonds. The maximum atomic E-state index is 5.81. The van der Waals surface area contributed by atoms with Crippen LogP contribution in [0.2, 0.25) is 0 Å². The lowest BCUT2D eigenvalue weighted by Crippen LogP contribution is -2.38. The number of benzene rings is 1. The highest BCUT2D eigenvalue weighted by Gasteiger charge is 2.13. The Labute approximate surface area is 191 Å². The van der Waals surface area contributed by atoms with Gasteiger partial charge in [0.25, 0.3) is 0 Å². The number of nitrogens with one attached hydrogen (secondary N) is 2. The fourth-order valence-electron chi connectivity index (χ4n) is 3.04. The number of nitrogens with zero attached hydrogens (tertiary/aromatic N) is 1. The summed E-state index contributed by atoms with van der Waals surface area (Å²) in [5.41, 5.74) is 1.06. The molecule has 2 N–H and O–H groups in total. The van der Waals surface area contributed by atoms with E-state index in [-0.39, 0.29) is 24.0 Å². The third-order valence-electron chi connectivity index (χ3n) is 4.66. The van der Waals surface area contributed by atoms with Crippen molar-refractivity contribution in [2.45, 2.75) is 32.7 Å². The number of rotatable bonds is 11. The van der Waals surface area contributed by atoms with E-state index in [2.05, 4.69) is 22.5 Å². The molecule has 0 radical (unpaired) electrons. The van der Waals surface area contributed by atoms with Crippen molar-refractivity contribution in [3.05, 3.63) is 23.8 Å². The Kier molecular flexibility index (Phi) is 13.8. The summed E-state index contributed by atoms with van der Waals surface area (Å²) in [5, 5.41) is 6.64. The van der Waals surface area contributed by atoms with E-state index >= 15 is 0 Å². The summed E-state index contributed by atoms with van der Waals surface area (Å²) >= 11 is 0. The van der Waals surface area contributed by atoms with E-state index in [0.717, 1.165) is 81.8 Å². The topological polar surface area (TPSA) is 73.3 Å². The van der Waals surface area contributed by atoms with E-state index in [1.54, 1.807) is 14.2 Å². The molecule has 166 valence electrons. The Balaban J connectivity index is 0.00000420. The Morgan fingerprint density at radius 2 is 1.90 bits per heavy atom. The maximum Gasteiger partial charge on any atom is 0.191 e. The van der Waals surface area contributed by atoms with Gasteiger partial charge in [0.1, 0.15) is 0 Å². The van der Waals surface area contributed by atoms with Crippen LogP contribution in [0.1, 0.15) is 31.7 Å². The van der Waals surface area contributed by atoms with Gasteiger partial charge in [0.2, 0.25) is 0 Å². The Morgan fingerprint density at radius 3 is 2.59 bits per heavy atom. The Hall–Kier alpha value is -1.26. The van der Waals surface area contributed by atoms with Crippen molar-refractivity contribution in [1.29, 1.82) is 0 Å². The molecule has 1 saturated heterocycles. The normalized spacial score (nSPS) is 14.8. The van der Waals surface area contributed by atoms with E-state index in [1.807, 2.05) is 18.2 Å². The van der Waals surface area contributed by atoms with Gasteiger partial charge in [-0.1, -0.05) is 6.07 Å². The largest absolute Gasteiger partial charge is 0.493 e. The SMILES string of the molecule is CCNC(=NCc1ccc(OC)c(OC)c1)NCCCOCC1CCOCC1.I. The van der Waals surface area contributed by atoms with Gasteiger partial charge in [-0.05, 0) is 49.8 Å². The van der Waals surface area contributed by atoms with Crippen LogP contribution < -0.4 is 20.1 Å². The van der Waals surface area contributed by atoms with Gasteiger partial charge in [-0.2, -0.15) is 0 Å². The van der Waals surface area contributed by atoms with Crippen LogP contribution in [-0.4, -0.2) is 59.7 Å². The Bertz CT molecular complexity index is 595. The third kappa shape index (κ3) is 9.86. The van der Waals surface area contributed by atoms with E-state index < -0.39 is 0 Å². The van der Waals surface area contributed by atoms with Gasteiger partial charge in [0, 0.05) is 39.5 Å². The van der Waals surface area contributed by atoms with Gasteiger partial charge in [0.15, 0.2) is 17.5 Å². The van der Waals surface area contributed by atoms with Crippen molar-refractivity contribution in [1.82, 2.24) is 10.6 Å². The predicted octanol–water partition coefficient (Wildman–Crippen LogP) is 3.21. The second-order valence-electron chi connectivity index (χ2n) is 6.80. The summed E-state index contributed by atoms with van der Waals surface area (Å²) in [7, 11) is 3.27. The fraction of sp³-hybridized carbons (Fsp3) is 0.667. The minimum Gasteiger partial charge on any atom is -0.493 e. The van der Waals surface area contributed by atoms with Crippen molar-refractivity contribution in [3.8, 4) is 11.5 Å². The van der Waals surface area contributed by atoms with Crippen molar-refractivity contribution < 1.29 is 18.9 Å². The van der Waals surface area contributed by atoms with Crippen LogP contribution >= 0.6 is 24.0 Å². The smallest absolute Gasteiger partial charge is 0.191 e. The molecule has 0 aromatic heterocycles. The first-order valence-corrected chi connectivity index (χ1v) is 10.1. The average Bonchev–Trinajstić information content (AvgIpc) is 2.74. The van der Waals surface area contributed by atoms with Crippen LogP contribution in [0.25, 0.3) is 0 Å². The quantitative estimate of drug-likeness (QED) is 0.202. The highest BCUT2D eigenvalue weighted by molar-refractivity contribution is 14.0. The van der Waals surface area contributed by atoms with Crippen LogP contribution in [0.4, 0.5) is 0 Å². The number of methoxy groups -OCH3 is 2. The average molecular weight is 521 g/mol. The van der Waals surface area contributed by atoms with Crippen LogP contribution in [-0.2, 0) is 16.0 Å². The summed E-state index contributed by atoms with van der Waals surface area (Å²) in [6.45, 7) is 7.62. The first kappa shape index (κ1) is 25.8. The molecular formula is C21H36IN3O4. The number of aliphatic imine (C=N–C) groups is 1. The minimum absolute atomic E-state index is 0. The van der Waals surface area contributed by atoms with Crippen molar-refractivity contribution in [2.24, 2.45) is 10.9 Å². The lowest BCUT2D eigenvalue weighted by molar-refractivity contribution is 0.0203. The predicted molar refractivity (Wildman–Crippen MR) is 127 cm³/mol. The minimum atomic E-state index is 0. The van der Waals surface area contributed by atoms with Gasteiger partial charge in [-0.3, -0.25) is 0 Å². The van der Waals surface area contributed by atoms with Crippen molar-refractivity contribution >= 4 is 29.9 Å². The molecule has 0 atom stereocenters. The zero-order chi connectivity index (χ0) is 20.0. The van der Waals surface area contributed by atoms with Crippen molar-refractivity contribution in [3.63, 3.8) is 0 Å². The molecule has 0 unspecified atom stereocenters. The highest BCUT2D eigenvalue weighted by Crippen LogP contribution is 2.27. The van der Waals surface area contributed by atoms with E-state index in [4.69, 9.17) is 18.9 Å². The molecule has 1 aromatic rings. The third-order valence-corrected chi connectivity index (χ3v) is 4.66. The van der Waals surface area contributed by atoms with E-state index in [9.17, 15) is 0 Å². The maximum absolute atomic E-state index is 5.81. The van der Waals surface area contributed by atoms with Crippen LogP contribution in [0.3, 0.4) is 0 Å². The molecule has 0 aliphatic carbocycles. The molecular weight excluding hydrogens is 485 g/mol. The fourth-order valence-corrected chi connectivity index (χ4v) is 3.04. The lowest BCUT2D eigenvalue weighted by atomic mass is 10.0. The van der Waals surface area contributed by atoms with Gasteiger partial charge < -0.3 is 29.6 Å². The molecule has 2 rings (SSSR count). The van der Waals surface area contributed by atoms with Crippen LogP contribution in [0, 0.1) is 5.92 Å². The summed E-state index contributed by atoms with van der Waals surface area (Å²) < 4.78 is 21.8. The molecule has 0 bridgehead atoms. The first-order chi connectivity index (χ1) is 13.8. The number of hydrogen-bond acceptors (Lipinski definition) is 5. The molecule has 0 saturated carbocycles. The monoisotopic (exact) mass is 521 g/mol. The zero-order valence-electron chi connectivity index (χ0n) is 17.9. The number of guanidine groups is 1. The Morgan fingerprint density at radius 1 is 1.14 bits per heavy atom. The standard InChI is InChI=1S/C21H35N3O4.HI/c1-4-22-21(23-10-5-11-28-16-17-8-12-27-13-9-17)24-15-18-6-7-19(25-2)20(14-18)26-3;/h6-7,14,17H,4-5,8-13,15-16H2,1-3H3,(H2,22,23,24);1H. The second-order valence-corrected chi connectivity index (χ2v) is 6.80. The number of halogens is 1. The summed E-state index contributed by atoms with van der Waals surface area (Å²) in [6.07, 6.45) is 3.18. The second kappa shape index (κ2) is 15.6. The lowest BCUT2D eigenvalue weighted by Gasteiger charge is -2.21. The molecule has 1 aromatic carbocycles. The van der Waals surface area contributed by atoms with Gasteiger partial charge in [0.05, 0.1) is 20.8 Å². The zero-order valence-corrected chi connectivity index (χ0v) is 20.2. The van der Waals surface area contributed by atoms with Crippen LogP contribution in [0.15, 0.2) is 23.2 Å². The van der Waals surface area contributed by atoms with Crippen LogP contribution in [0.5, 0.6) is 11.5 Å². The van der Waals surface area contributed by atoms with Gasteiger partial charge in [-0.15, -0.1) is 24.0 Å². The molecule has 29 heavy (non-hydrogen) atoms. The molecule has 0 spiro atoms. The number of ether oxygens (including phenoxy) is 4. The molecule has 8 heteroatoms. The molecule has 7 nitrogen and oxygen atoms in total. The van der Waals surface area contributed by atoms with E-state index in [0.29, 0.717) is 12.5 Å². The summed E-state index contributed by atoms with van der Waals surface area (Å²) in [4.78, 5) is 4.65. The molecule has 1 aliphatic rings. The molecule has 1 aliphatic heterocycles. The number of hydrogen-bond donors (Lipinski definition) is 2. The van der Waals surface area contributed by atoms with Gasteiger partial charge in [-0.25, -0.2) is 4.99 Å². The highest BCUT2D eigenvalue weighted by atomic mass is 127. The molecule has 1 heterocycles. The first-order valence-electron chi connectivity index (χ1n) is 10.1. The van der Waals surface area contributed by atoms with Gasteiger partial charge >= 0.3 is 0 Å². The molecule has 1 fully saturated rings.